The van der Waals surface area contributed by atoms with E-state index < -0.39 is 17.5 Å². The lowest BCUT2D eigenvalue weighted by Crippen LogP contribution is -2.47. The maximum Gasteiger partial charge on any atom is 0.130 e. The number of aliphatic hydroxyl groups is 1. The van der Waals surface area contributed by atoms with Crippen molar-refractivity contribution in [2.75, 3.05) is 0 Å². The van der Waals surface area contributed by atoms with Crippen molar-refractivity contribution in [2.24, 2.45) is 5.73 Å². The summed E-state index contributed by atoms with van der Waals surface area (Å²) in [4.78, 5) is 0. The zero-order valence-electron chi connectivity index (χ0n) is 9.63. The van der Waals surface area contributed by atoms with E-state index in [0.717, 1.165) is 19.3 Å². The number of hydrogen-bond acceptors (Lipinski definition) is 2. The monoisotopic (exact) mass is 257 g/mol. The van der Waals surface area contributed by atoms with E-state index in [-0.39, 0.29) is 10.6 Å². The molecule has 0 spiro atoms. The molecule has 17 heavy (non-hydrogen) atoms. The zero-order valence-corrected chi connectivity index (χ0v) is 10.4. The number of halogens is 2. The summed E-state index contributed by atoms with van der Waals surface area (Å²) in [6, 6.07) is 4.41. The molecule has 1 aromatic carbocycles. The lowest BCUT2D eigenvalue weighted by Gasteiger charge is -2.38. The normalized spacial score (nSPS) is 21.2. The summed E-state index contributed by atoms with van der Waals surface area (Å²) in [7, 11) is 0. The first-order chi connectivity index (χ1) is 8.04. The number of nitrogens with two attached hydrogens (primary N) is 1. The van der Waals surface area contributed by atoms with Crippen molar-refractivity contribution in [3.05, 3.63) is 34.6 Å². The largest absolute Gasteiger partial charge is 0.386 e. The van der Waals surface area contributed by atoms with Gasteiger partial charge in [-0.05, 0) is 25.0 Å². The molecule has 1 unspecified atom stereocenters. The van der Waals surface area contributed by atoms with Gasteiger partial charge in [-0.1, -0.05) is 36.9 Å². The molecule has 0 saturated heterocycles. The molecule has 0 amide bonds. The smallest absolute Gasteiger partial charge is 0.130 e. The highest BCUT2D eigenvalue weighted by Crippen LogP contribution is 2.39. The zero-order chi connectivity index (χ0) is 12.5. The fraction of sp³-hybridized carbons (Fsp3) is 0.538. The van der Waals surface area contributed by atoms with Crippen molar-refractivity contribution >= 4 is 11.6 Å². The minimum absolute atomic E-state index is 0.138. The summed E-state index contributed by atoms with van der Waals surface area (Å²) in [5, 5.41) is 10.6. The van der Waals surface area contributed by atoms with Crippen molar-refractivity contribution in [3.63, 3.8) is 0 Å². The molecular weight excluding hydrogens is 241 g/mol. The minimum atomic E-state index is -1.03. The molecule has 0 bridgehead atoms. The van der Waals surface area contributed by atoms with Gasteiger partial charge in [-0.15, -0.1) is 0 Å². The number of benzene rings is 1. The summed E-state index contributed by atoms with van der Waals surface area (Å²) >= 11 is 5.95. The Morgan fingerprint density at radius 1 is 1.29 bits per heavy atom. The van der Waals surface area contributed by atoms with Gasteiger partial charge in [-0.25, -0.2) is 4.39 Å². The van der Waals surface area contributed by atoms with Gasteiger partial charge in [0.2, 0.25) is 0 Å². The van der Waals surface area contributed by atoms with Gasteiger partial charge in [0.25, 0.3) is 0 Å². The minimum Gasteiger partial charge on any atom is -0.386 e. The fourth-order valence-corrected chi connectivity index (χ4v) is 2.81. The molecule has 1 saturated carbocycles. The molecule has 2 rings (SSSR count). The van der Waals surface area contributed by atoms with Crippen LogP contribution in [0.2, 0.25) is 5.02 Å². The molecular formula is C13H17ClFNO. The van der Waals surface area contributed by atoms with E-state index >= 15 is 0 Å². The first-order valence-corrected chi connectivity index (χ1v) is 6.33. The number of aliphatic hydroxyl groups excluding tert-OH is 1. The van der Waals surface area contributed by atoms with Gasteiger partial charge in [0.1, 0.15) is 11.9 Å². The van der Waals surface area contributed by atoms with Crippen molar-refractivity contribution in [1.82, 2.24) is 0 Å². The first kappa shape index (κ1) is 12.8. The van der Waals surface area contributed by atoms with Gasteiger partial charge in [0.05, 0.1) is 0 Å². The second-order valence-corrected chi connectivity index (χ2v) is 5.24. The average molecular weight is 258 g/mol. The van der Waals surface area contributed by atoms with E-state index in [1.54, 1.807) is 6.07 Å². The Bertz CT molecular complexity index is 384. The van der Waals surface area contributed by atoms with E-state index in [2.05, 4.69) is 0 Å². The average Bonchev–Trinajstić information content (AvgIpc) is 2.29. The predicted octanol–water partition coefficient (Wildman–Crippen LogP) is 3.17. The quantitative estimate of drug-likeness (QED) is 0.855. The highest BCUT2D eigenvalue weighted by Gasteiger charge is 2.38. The van der Waals surface area contributed by atoms with Crippen LogP contribution in [-0.2, 0) is 0 Å². The van der Waals surface area contributed by atoms with Crippen molar-refractivity contribution in [3.8, 4) is 0 Å². The van der Waals surface area contributed by atoms with Crippen LogP contribution in [-0.4, -0.2) is 10.6 Å². The number of rotatable bonds is 2. The second kappa shape index (κ2) is 4.92. The molecule has 1 aliphatic rings. The van der Waals surface area contributed by atoms with Gasteiger partial charge in [0.15, 0.2) is 0 Å². The van der Waals surface area contributed by atoms with Gasteiger partial charge in [-0.3, -0.25) is 0 Å². The van der Waals surface area contributed by atoms with Crippen LogP contribution in [0.25, 0.3) is 0 Å². The van der Waals surface area contributed by atoms with Crippen LogP contribution in [0.15, 0.2) is 18.2 Å². The first-order valence-electron chi connectivity index (χ1n) is 5.95. The van der Waals surface area contributed by atoms with Crippen LogP contribution in [0.1, 0.15) is 43.8 Å². The van der Waals surface area contributed by atoms with Crippen molar-refractivity contribution in [2.45, 2.75) is 43.7 Å². The molecule has 4 heteroatoms. The summed E-state index contributed by atoms with van der Waals surface area (Å²) in [6.45, 7) is 0. The Morgan fingerprint density at radius 3 is 2.53 bits per heavy atom. The highest BCUT2D eigenvalue weighted by molar-refractivity contribution is 6.31. The summed E-state index contributed by atoms with van der Waals surface area (Å²) in [5.74, 6) is -0.486. The van der Waals surface area contributed by atoms with E-state index in [9.17, 15) is 9.50 Å². The summed E-state index contributed by atoms with van der Waals surface area (Å²) < 4.78 is 13.7. The Kier molecular flexibility index (Phi) is 3.71. The van der Waals surface area contributed by atoms with Crippen molar-refractivity contribution < 1.29 is 9.50 Å². The van der Waals surface area contributed by atoms with E-state index in [0.29, 0.717) is 12.8 Å². The molecule has 1 aliphatic carbocycles. The van der Waals surface area contributed by atoms with Crippen LogP contribution in [0.4, 0.5) is 4.39 Å². The predicted molar refractivity (Wildman–Crippen MR) is 66.4 cm³/mol. The van der Waals surface area contributed by atoms with E-state index in [4.69, 9.17) is 17.3 Å². The van der Waals surface area contributed by atoms with Gasteiger partial charge >= 0.3 is 0 Å². The molecule has 0 aromatic heterocycles. The molecule has 3 N–H and O–H groups in total. The molecule has 1 aromatic rings. The lowest BCUT2D eigenvalue weighted by molar-refractivity contribution is 0.0559. The highest BCUT2D eigenvalue weighted by atomic mass is 35.5. The van der Waals surface area contributed by atoms with Gasteiger partial charge in [0, 0.05) is 16.1 Å². The summed E-state index contributed by atoms with van der Waals surface area (Å²) in [5.41, 5.74) is 5.59. The Balaban J connectivity index is 2.32. The molecule has 1 fully saturated rings. The summed E-state index contributed by atoms with van der Waals surface area (Å²) in [6.07, 6.45) is 3.45. The Hall–Kier alpha value is -0.640. The molecule has 0 heterocycles. The van der Waals surface area contributed by atoms with Crippen LogP contribution >= 0.6 is 11.6 Å². The Labute approximate surface area is 106 Å². The molecule has 0 radical (unpaired) electrons. The maximum absolute atomic E-state index is 13.7. The molecule has 0 aliphatic heterocycles. The number of hydrogen-bond donors (Lipinski definition) is 2. The molecule has 94 valence electrons. The maximum atomic E-state index is 13.7. The van der Waals surface area contributed by atoms with E-state index in [1.165, 1.54) is 12.1 Å². The topological polar surface area (TPSA) is 46.2 Å². The standard InChI is InChI=1S/C13H17ClFNO/c14-9-5-4-6-10(15)11(9)12(17)13(16)7-2-1-3-8-13/h4-6,12,17H,1-3,7-8,16H2. The third-order valence-corrected chi connectivity index (χ3v) is 3.93. The second-order valence-electron chi connectivity index (χ2n) is 4.83. The van der Waals surface area contributed by atoms with Gasteiger partial charge < -0.3 is 10.8 Å². The Morgan fingerprint density at radius 2 is 1.94 bits per heavy atom. The van der Waals surface area contributed by atoms with E-state index in [1.807, 2.05) is 0 Å². The third-order valence-electron chi connectivity index (χ3n) is 3.60. The van der Waals surface area contributed by atoms with Gasteiger partial charge in [-0.2, -0.15) is 0 Å². The SMILES string of the molecule is NC1(C(O)c2c(F)cccc2Cl)CCCCC1. The fourth-order valence-electron chi connectivity index (χ4n) is 2.54. The van der Waals surface area contributed by atoms with Crippen LogP contribution < -0.4 is 5.73 Å². The third kappa shape index (κ3) is 2.46. The van der Waals surface area contributed by atoms with Crippen LogP contribution in [0, 0.1) is 5.82 Å². The lowest BCUT2D eigenvalue weighted by atomic mass is 9.76. The van der Waals surface area contributed by atoms with Crippen LogP contribution in [0.5, 0.6) is 0 Å². The molecule has 2 nitrogen and oxygen atoms in total. The van der Waals surface area contributed by atoms with Crippen LogP contribution in [0.3, 0.4) is 0 Å². The molecule has 1 atom stereocenters. The van der Waals surface area contributed by atoms with Crippen molar-refractivity contribution in [1.29, 1.82) is 0 Å².